The molecule has 0 amide bonds. The third kappa shape index (κ3) is 5.94. The molecule has 0 aliphatic heterocycles. The van der Waals surface area contributed by atoms with Crippen LogP contribution in [-0.4, -0.2) is 19.9 Å². The molecule has 0 aliphatic rings. The fraction of sp³-hybridized carbons (Fsp3) is 0. The summed E-state index contributed by atoms with van der Waals surface area (Å²) in [6.45, 7) is 0. The molecule has 0 aliphatic carbocycles. The number of pyridine rings is 4. The molecule has 5 nitrogen and oxygen atoms in total. The zero-order valence-corrected chi connectivity index (χ0v) is 32.8. The Kier molecular flexibility index (Phi) is 8.10. The van der Waals surface area contributed by atoms with Crippen LogP contribution in [0.2, 0.25) is 0 Å². The van der Waals surface area contributed by atoms with E-state index in [1.54, 1.807) is 12.4 Å². The number of hydrogen-bond donors (Lipinski definition) is 0. The summed E-state index contributed by atoms with van der Waals surface area (Å²) >= 11 is 0. The average molecular weight is 779 g/mol. The minimum atomic E-state index is 0.796. The predicted molar refractivity (Wildman–Crippen MR) is 250 cm³/mol. The van der Waals surface area contributed by atoms with Gasteiger partial charge in [0.1, 0.15) is 11.3 Å². The van der Waals surface area contributed by atoms with Crippen LogP contribution in [0.5, 0.6) is 0 Å². The average Bonchev–Trinajstić information content (AvgIpc) is 3.74. The summed E-state index contributed by atoms with van der Waals surface area (Å²) in [5.74, 6) is 0. The minimum Gasteiger partial charge on any atom is -0.454 e. The Bertz CT molecular complexity index is 3590. The summed E-state index contributed by atoms with van der Waals surface area (Å²) in [4.78, 5) is 19.9. The van der Waals surface area contributed by atoms with Crippen molar-refractivity contribution in [1.82, 2.24) is 19.9 Å². The zero-order valence-electron chi connectivity index (χ0n) is 32.8. The van der Waals surface area contributed by atoms with Gasteiger partial charge in [0.15, 0.2) is 5.58 Å². The molecule has 7 aromatic carbocycles. The molecule has 12 rings (SSSR count). The summed E-state index contributed by atoms with van der Waals surface area (Å²) in [6, 6.07) is 67.8. The van der Waals surface area contributed by atoms with Crippen LogP contribution in [0.3, 0.4) is 0 Å². The molecule has 0 fully saturated rings. The molecule has 61 heavy (non-hydrogen) atoms. The zero-order chi connectivity index (χ0) is 40.3. The summed E-state index contributed by atoms with van der Waals surface area (Å²) in [7, 11) is 0. The topological polar surface area (TPSA) is 64.7 Å². The number of nitrogens with zero attached hydrogens (tertiary/aromatic N) is 4. The van der Waals surface area contributed by atoms with Gasteiger partial charge in [0, 0.05) is 39.7 Å². The summed E-state index contributed by atoms with van der Waals surface area (Å²) in [5, 5.41) is 7.93. The van der Waals surface area contributed by atoms with Gasteiger partial charge in [0.2, 0.25) is 0 Å². The van der Waals surface area contributed by atoms with E-state index < -0.39 is 0 Å². The molecule has 0 atom stereocenters. The van der Waals surface area contributed by atoms with E-state index in [1.165, 1.54) is 16.2 Å². The van der Waals surface area contributed by atoms with Gasteiger partial charge in [0.05, 0.1) is 28.3 Å². The van der Waals surface area contributed by atoms with E-state index in [4.69, 9.17) is 14.4 Å². The van der Waals surface area contributed by atoms with Gasteiger partial charge in [0.25, 0.3) is 0 Å². The highest BCUT2D eigenvalue weighted by Gasteiger charge is 2.22. The monoisotopic (exact) mass is 778 g/mol. The van der Waals surface area contributed by atoms with Crippen molar-refractivity contribution in [2.45, 2.75) is 0 Å². The van der Waals surface area contributed by atoms with Crippen molar-refractivity contribution in [3.63, 3.8) is 0 Å². The second-order valence-electron chi connectivity index (χ2n) is 15.4. The Morgan fingerprint density at radius 1 is 0.344 bits per heavy atom. The highest BCUT2D eigenvalue weighted by molar-refractivity contribution is 6.24. The van der Waals surface area contributed by atoms with E-state index in [0.717, 1.165) is 106 Å². The predicted octanol–water partition coefficient (Wildman–Crippen LogP) is 14.6. The van der Waals surface area contributed by atoms with Gasteiger partial charge in [-0.2, -0.15) is 0 Å². The van der Waals surface area contributed by atoms with Crippen LogP contribution in [0.1, 0.15) is 0 Å². The molecule has 0 radical (unpaired) electrons. The Hall–Kier alpha value is -8.28. The second kappa shape index (κ2) is 14.2. The lowest BCUT2D eigenvalue weighted by molar-refractivity contribution is 0.669. The normalized spacial score (nSPS) is 11.6. The first-order chi connectivity index (χ1) is 30.2. The molecular weight excluding hydrogens is 745 g/mol. The van der Waals surface area contributed by atoms with E-state index in [1.807, 2.05) is 42.5 Å². The quantitative estimate of drug-likeness (QED) is 0.157. The van der Waals surface area contributed by atoms with Gasteiger partial charge in [-0.3, -0.25) is 9.97 Å². The van der Waals surface area contributed by atoms with E-state index in [9.17, 15) is 0 Å². The first-order valence-electron chi connectivity index (χ1n) is 20.4. The molecule has 284 valence electrons. The second-order valence-corrected chi connectivity index (χ2v) is 15.4. The van der Waals surface area contributed by atoms with Crippen molar-refractivity contribution in [3.8, 4) is 67.4 Å². The lowest BCUT2D eigenvalue weighted by atomic mass is 9.92. The van der Waals surface area contributed by atoms with Crippen molar-refractivity contribution in [2.75, 3.05) is 0 Å². The molecule has 5 heterocycles. The van der Waals surface area contributed by atoms with Crippen LogP contribution in [0.15, 0.2) is 211 Å². The molecular formula is C56H34N4O. The SMILES string of the molecule is c1ccc(-c2cc(-c3cccc(-c4cccc(-c5cccc6c5nc(-c5cc7ccccc7c7ccccc57)c5oc7ccccc7c56)c4)c3)cc(-c3ccccn3)n2)nc1. The van der Waals surface area contributed by atoms with Gasteiger partial charge in [-0.1, -0.05) is 133 Å². The Labute approximate surface area is 351 Å². The Morgan fingerprint density at radius 2 is 0.918 bits per heavy atom. The standard InChI is InChI=1S/C56H34N4O/c1-2-19-41-39(14-1)32-47(44-21-4-3-20-43(41)44)55-56-53(45-22-5-6-27-52(45)61-56)46-24-13-23-42(54(46)60-55)38-18-12-16-36(31-38)35-15-11-17-37(30-35)40-33-50(48-25-7-9-28-57-48)59-51(34-40)49-26-8-10-29-58-49/h1-34H. The summed E-state index contributed by atoms with van der Waals surface area (Å²) in [6.07, 6.45) is 3.60. The third-order valence-corrected chi connectivity index (χ3v) is 11.7. The highest BCUT2D eigenvalue weighted by atomic mass is 16.3. The smallest absolute Gasteiger partial charge is 0.162 e. The number of aromatic nitrogens is 4. The van der Waals surface area contributed by atoms with E-state index >= 15 is 0 Å². The number of fused-ring (bicyclic) bond motifs is 8. The van der Waals surface area contributed by atoms with Crippen LogP contribution < -0.4 is 0 Å². The largest absolute Gasteiger partial charge is 0.454 e. The molecule has 0 bridgehead atoms. The lowest BCUT2D eigenvalue weighted by Gasteiger charge is -2.14. The van der Waals surface area contributed by atoms with Crippen molar-refractivity contribution in [3.05, 3.63) is 207 Å². The van der Waals surface area contributed by atoms with Crippen molar-refractivity contribution in [2.24, 2.45) is 0 Å². The molecule has 12 aromatic rings. The van der Waals surface area contributed by atoms with Gasteiger partial charge >= 0.3 is 0 Å². The van der Waals surface area contributed by atoms with Crippen LogP contribution in [0.25, 0.3) is 122 Å². The molecule has 0 saturated heterocycles. The highest BCUT2D eigenvalue weighted by Crippen LogP contribution is 2.44. The Balaban J connectivity index is 1.03. The first kappa shape index (κ1) is 34.7. The Morgan fingerprint density at radius 3 is 1.64 bits per heavy atom. The van der Waals surface area contributed by atoms with E-state index in [-0.39, 0.29) is 0 Å². The van der Waals surface area contributed by atoms with E-state index in [0.29, 0.717) is 0 Å². The van der Waals surface area contributed by atoms with Gasteiger partial charge < -0.3 is 4.42 Å². The molecule has 5 heteroatoms. The molecule has 0 spiro atoms. The number of para-hydroxylation sites is 2. The fourth-order valence-electron chi connectivity index (χ4n) is 8.91. The maximum Gasteiger partial charge on any atom is 0.162 e. The molecule has 5 aromatic heterocycles. The van der Waals surface area contributed by atoms with Crippen LogP contribution in [-0.2, 0) is 0 Å². The number of hydrogen-bond acceptors (Lipinski definition) is 5. The number of benzene rings is 7. The molecule has 0 N–H and O–H groups in total. The minimum absolute atomic E-state index is 0.796. The van der Waals surface area contributed by atoms with E-state index in [2.05, 4.69) is 162 Å². The lowest BCUT2D eigenvalue weighted by Crippen LogP contribution is -1.94. The first-order valence-corrected chi connectivity index (χ1v) is 20.4. The molecule has 0 saturated carbocycles. The van der Waals surface area contributed by atoms with Crippen molar-refractivity contribution >= 4 is 54.4 Å². The van der Waals surface area contributed by atoms with Crippen LogP contribution >= 0.6 is 0 Å². The van der Waals surface area contributed by atoms with Crippen LogP contribution in [0, 0.1) is 0 Å². The van der Waals surface area contributed by atoms with Gasteiger partial charge in [-0.05, 0) is 110 Å². The molecule has 0 unspecified atom stereocenters. The summed E-state index contributed by atoms with van der Waals surface area (Å²) in [5.41, 5.74) is 14.2. The number of furan rings is 1. The maximum atomic E-state index is 6.77. The van der Waals surface area contributed by atoms with Crippen molar-refractivity contribution < 1.29 is 4.42 Å². The van der Waals surface area contributed by atoms with Crippen LogP contribution in [0.4, 0.5) is 0 Å². The van der Waals surface area contributed by atoms with Gasteiger partial charge in [-0.25, -0.2) is 9.97 Å². The van der Waals surface area contributed by atoms with Crippen molar-refractivity contribution in [1.29, 1.82) is 0 Å². The third-order valence-electron chi connectivity index (χ3n) is 11.7. The number of rotatable bonds is 6. The summed E-state index contributed by atoms with van der Waals surface area (Å²) < 4.78 is 6.77. The van der Waals surface area contributed by atoms with Gasteiger partial charge in [-0.15, -0.1) is 0 Å². The fourth-order valence-corrected chi connectivity index (χ4v) is 8.91. The maximum absolute atomic E-state index is 6.77.